The quantitative estimate of drug-likeness (QED) is 0.102. The van der Waals surface area contributed by atoms with Crippen molar-refractivity contribution in [3.63, 3.8) is 0 Å². The number of hydrogen-bond acceptors (Lipinski definition) is 6. The number of aromatic nitrogens is 2. The van der Waals surface area contributed by atoms with Gasteiger partial charge in [-0.2, -0.15) is 0 Å². The lowest BCUT2D eigenvalue weighted by Crippen LogP contribution is -2.33. The van der Waals surface area contributed by atoms with Gasteiger partial charge in [-0.15, -0.1) is 0 Å². The zero-order valence-corrected chi connectivity index (χ0v) is 35.8. The molecule has 1 aromatic heterocycles. The molecule has 4 aromatic rings. The largest absolute Gasteiger partial charge is 0.477 e. The average Bonchev–Trinajstić information content (AvgIpc) is 3.08. The van der Waals surface area contributed by atoms with Gasteiger partial charge in [-0.3, -0.25) is 0 Å². The molecule has 3 aromatic carbocycles. The van der Waals surface area contributed by atoms with Gasteiger partial charge in [-0.1, -0.05) is 102 Å². The van der Waals surface area contributed by atoms with Crippen molar-refractivity contribution in [3.8, 4) is 5.88 Å². The third-order valence-corrected chi connectivity index (χ3v) is 10.6. The van der Waals surface area contributed by atoms with Gasteiger partial charge in [-0.05, 0) is 116 Å². The fourth-order valence-electron chi connectivity index (χ4n) is 6.12. The van der Waals surface area contributed by atoms with Crippen LogP contribution in [0.25, 0.3) is 10.9 Å². The van der Waals surface area contributed by atoms with Crippen LogP contribution in [0.4, 0.5) is 0 Å². The van der Waals surface area contributed by atoms with E-state index in [0.717, 1.165) is 62.3 Å². The molecule has 4 rings (SSSR count). The predicted octanol–water partition coefficient (Wildman–Crippen LogP) is 10.5. The van der Waals surface area contributed by atoms with E-state index in [1.54, 1.807) is 6.33 Å². The van der Waals surface area contributed by atoms with Crippen molar-refractivity contribution in [2.75, 3.05) is 13.2 Å². The number of aryl methyl sites for hydroxylation is 2. The zero-order chi connectivity index (χ0) is 38.1. The van der Waals surface area contributed by atoms with E-state index in [4.69, 9.17) is 18.7 Å². The molecular formula is C44H66N2O4Si2. The molecule has 0 bridgehead atoms. The second-order valence-corrected chi connectivity index (χ2v) is 20.6. The molecule has 0 spiro atoms. The maximum absolute atomic E-state index is 8.93. The number of fused-ring (bicyclic) bond motifs is 1. The lowest BCUT2D eigenvalue weighted by molar-refractivity contribution is 0.0767. The molecular weight excluding hydrogens is 677 g/mol. The second kappa shape index (κ2) is 21.7. The minimum atomic E-state index is -0.676. The van der Waals surface area contributed by atoms with Crippen molar-refractivity contribution < 1.29 is 18.7 Å². The summed E-state index contributed by atoms with van der Waals surface area (Å²) in [5, 5.41) is 9.88. The van der Waals surface area contributed by atoms with Gasteiger partial charge < -0.3 is 18.7 Å². The SMILES string of the molecule is C[Si](C)OC(CCCc1ccc(CCO)cc1)C(C)(C)C.C[Si](C)OC(CCCc1ccc(CCOc2ncnc3ccccc23)cc1)C(C)(C)C. The Morgan fingerprint density at radius 3 is 1.48 bits per heavy atom. The highest BCUT2D eigenvalue weighted by atomic mass is 28.3. The minimum Gasteiger partial charge on any atom is -0.477 e. The van der Waals surface area contributed by atoms with Crippen molar-refractivity contribution >= 4 is 29.0 Å². The molecule has 1 N–H and O–H groups in total. The van der Waals surface area contributed by atoms with Crippen molar-refractivity contribution in [2.45, 2.75) is 131 Å². The molecule has 0 aliphatic carbocycles. The monoisotopic (exact) mass is 742 g/mol. The van der Waals surface area contributed by atoms with Gasteiger partial charge in [0, 0.05) is 25.2 Å². The van der Waals surface area contributed by atoms with Crippen molar-refractivity contribution in [3.05, 3.63) is 101 Å². The van der Waals surface area contributed by atoms with Gasteiger partial charge in [0.05, 0.1) is 17.5 Å². The van der Waals surface area contributed by atoms with E-state index in [0.29, 0.717) is 24.7 Å². The highest BCUT2D eigenvalue weighted by Crippen LogP contribution is 2.29. The fraction of sp³-hybridized carbons (Fsp3) is 0.545. The molecule has 6 nitrogen and oxygen atoms in total. The first-order valence-electron chi connectivity index (χ1n) is 19.2. The van der Waals surface area contributed by atoms with Gasteiger partial charge in [0.1, 0.15) is 6.33 Å². The van der Waals surface area contributed by atoms with Crippen molar-refractivity contribution in [1.29, 1.82) is 0 Å². The Hall–Kier alpha value is -2.89. The van der Waals surface area contributed by atoms with Crippen molar-refractivity contribution in [2.24, 2.45) is 10.8 Å². The van der Waals surface area contributed by atoms with Crippen LogP contribution in [0.2, 0.25) is 26.2 Å². The molecule has 2 atom stereocenters. The standard InChI is InChI=1S/C26H35N2O2Si.C18H31O2Si/c1-26(2,3)24(30-31(4)5)12-8-9-20-13-15-21(16-14-20)17-18-29-25-22-10-6-7-11-23(22)27-19-28-25;1-18(2,3)17(20-21(4)5)8-6-7-15-9-11-16(12-10-15)13-14-19/h6-7,10-11,13-16,19,24H,8-9,12,17-18H2,1-5H3;9-12,17,19H,6-8,13-14H2,1-5H3. The number of nitrogens with zero attached hydrogens (tertiary/aromatic N) is 2. The summed E-state index contributed by atoms with van der Waals surface area (Å²) in [6.07, 6.45) is 10.6. The van der Waals surface area contributed by atoms with E-state index in [2.05, 4.69) is 126 Å². The summed E-state index contributed by atoms with van der Waals surface area (Å²) >= 11 is 0. The Labute approximate surface area is 319 Å². The number of rotatable bonds is 18. The summed E-state index contributed by atoms with van der Waals surface area (Å²) in [5.74, 6) is 0.654. The molecule has 0 amide bonds. The lowest BCUT2D eigenvalue weighted by atomic mass is 9.86. The van der Waals surface area contributed by atoms with E-state index in [1.807, 2.05) is 24.3 Å². The Bertz CT molecular complexity index is 1560. The molecule has 0 aliphatic rings. The molecule has 0 aliphatic heterocycles. The number of para-hydroxylation sites is 1. The average molecular weight is 743 g/mol. The van der Waals surface area contributed by atoms with E-state index in [9.17, 15) is 0 Å². The van der Waals surface area contributed by atoms with Crippen LogP contribution in [0.5, 0.6) is 5.88 Å². The summed E-state index contributed by atoms with van der Waals surface area (Å²) in [5.41, 5.74) is 6.57. The molecule has 2 radical (unpaired) electrons. The van der Waals surface area contributed by atoms with Gasteiger partial charge in [-0.25, -0.2) is 9.97 Å². The topological polar surface area (TPSA) is 73.7 Å². The fourth-order valence-corrected chi connectivity index (χ4v) is 8.21. The number of benzene rings is 3. The predicted molar refractivity (Wildman–Crippen MR) is 222 cm³/mol. The van der Waals surface area contributed by atoms with Crippen LogP contribution in [0, 0.1) is 10.8 Å². The van der Waals surface area contributed by atoms with E-state index >= 15 is 0 Å². The zero-order valence-electron chi connectivity index (χ0n) is 33.8. The Morgan fingerprint density at radius 2 is 1.04 bits per heavy atom. The number of aliphatic hydroxyl groups is 1. The highest BCUT2D eigenvalue weighted by molar-refractivity contribution is 6.48. The van der Waals surface area contributed by atoms with Gasteiger partial charge >= 0.3 is 0 Å². The Balaban J connectivity index is 0.000000304. The van der Waals surface area contributed by atoms with Crippen LogP contribution < -0.4 is 4.74 Å². The Morgan fingerprint density at radius 1 is 0.596 bits per heavy atom. The molecule has 284 valence electrons. The molecule has 8 heteroatoms. The lowest BCUT2D eigenvalue weighted by Gasteiger charge is -2.32. The van der Waals surface area contributed by atoms with Crippen LogP contribution in [-0.4, -0.2) is 58.6 Å². The molecule has 52 heavy (non-hydrogen) atoms. The first kappa shape index (κ1) is 43.5. The summed E-state index contributed by atoms with van der Waals surface area (Å²) in [7, 11) is -1.32. The first-order valence-corrected chi connectivity index (χ1v) is 24.0. The van der Waals surface area contributed by atoms with E-state index < -0.39 is 18.1 Å². The summed E-state index contributed by atoms with van der Waals surface area (Å²) in [6, 6.07) is 25.5. The van der Waals surface area contributed by atoms with E-state index in [1.165, 1.54) is 22.3 Å². The van der Waals surface area contributed by atoms with E-state index in [-0.39, 0.29) is 17.4 Å². The number of ether oxygens (including phenoxy) is 1. The minimum absolute atomic E-state index is 0.195. The van der Waals surface area contributed by atoms with Gasteiger partial charge in [0.2, 0.25) is 24.0 Å². The maximum atomic E-state index is 8.93. The Kier molecular flexibility index (Phi) is 18.2. The van der Waals surface area contributed by atoms with Crippen molar-refractivity contribution in [1.82, 2.24) is 9.97 Å². The molecule has 1 heterocycles. The normalized spacial score (nSPS) is 13.2. The molecule has 2 unspecified atom stereocenters. The summed E-state index contributed by atoms with van der Waals surface area (Å²) in [6.45, 7) is 23.3. The summed E-state index contributed by atoms with van der Waals surface area (Å²) < 4.78 is 18.4. The maximum Gasteiger partial charge on any atom is 0.224 e. The van der Waals surface area contributed by atoms with Gasteiger partial charge in [0.25, 0.3) is 0 Å². The van der Waals surface area contributed by atoms with Crippen LogP contribution in [0.15, 0.2) is 79.1 Å². The molecule has 0 saturated heterocycles. The molecule has 0 fully saturated rings. The van der Waals surface area contributed by atoms with Crippen LogP contribution >= 0.6 is 0 Å². The molecule has 0 saturated carbocycles. The number of aliphatic hydroxyl groups excluding tert-OH is 1. The summed E-state index contributed by atoms with van der Waals surface area (Å²) in [4.78, 5) is 8.58. The van der Waals surface area contributed by atoms with Gasteiger partial charge in [0.15, 0.2) is 0 Å². The smallest absolute Gasteiger partial charge is 0.224 e. The first-order chi connectivity index (χ1) is 24.7. The third kappa shape index (κ3) is 16.0. The van der Waals surface area contributed by atoms with Crippen LogP contribution in [-0.2, 0) is 34.5 Å². The second-order valence-electron chi connectivity index (χ2n) is 16.4. The third-order valence-electron chi connectivity index (χ3n) is 9.13. The number of hydrogen-bond donors (Lipinski definition) is 1. The van der Waals surface area contributed by atoms with Crippen LogP contribution in [0.3, 0.4) is 0 Å². The highest BCUT2D eigenvalue weighted by Gasteiger charge is 2.27. The van der Waals surface area contributed by atoms with Crippen LogP contribution in [0.1, 0.15) is 89.5 Å².